The lowest BCUT2D eigenvalue weighted by atomic mass is 9.96. The highest BCUT2D eigenvalue weighted by atomic mass is 32.1. The lowest BCUT2D eigenvalue weighted by Gasteiger charge is -2.30. The number of carbonyl (C=O) groups excluding carboxylic acids is 2. The number of ether oxygens (including phenoxy) is 1. The molecule has 1 saturated heterocycles. The summed E-state index contributed by atoms with van der Waals surface area (Å²) >= 11 is 1.44. The Kier molecular flexibility index (Phi) is 4.09. The van der Waals surface area contributed by atoms with Crippen molar-refractivity contribution >= 4 is 23.2 Å². The van der Waals surface area contributed by atoms with E-state index in [-0.39, 0.29) is 17.7 Å². The van der Waals surface area contributed by atoms with Gasteiger partial charge in [0.05, 0.1) is 7.11 Å². The van der Waals surface area contributed by atoms with E-state index >= 15 is 0 Å². The number of aryl methyl sites for hydroxylation is 1. The molecule has 5 nitrogen and oxygen atoms in total. The summed E-state index contributed by atoms with van der Waals surface area (Å²) in [4.78, 5) is 27.0. The average molecular weight is 282 g/mol. The molecule has 2 rings (SSSR count). The van der Waals surface area contributed by atoms with E-state index in [1.54, 1.807) is 12.0 Å². The van der Waals surface area contributed by atoms with Crippen LogP contribution in [0.5, 0.6) is 5.75 Å². The van der Waals surface area contributed by atoms with Crippen LogP contribution < -0.4 is 10.5 Å². The van der Waals surface area contributed by atoms with Gasteiger partial charge in [0, 0.05) is 23.9 Å². The molecule has 2 heterocycles. The summed E-state index contributed by atoms with van der Waals surface area (Å²) in [5, 5.41) is 0. The molecule has 0 unspecified atom stereocenters. The topological polar surface area (TPSA) is 72.6 Å². The first-order valence-electron chi connectivity index (χ1n) is 6.26. The maximum Gasteiger partial charge on any atom is 0.267 e. The molecule has 1 aromatic heterocycles. The largest absolute Gasteiger partial charge is 0.495 e. The molecule has 6 heteroatoms. The molecule has 2 N–H and O–H groups in total. The van der Waals surface area contributed by atoms with Crippen LogP contribution >= 0.6 is 11.3 Å². The number of rotatable bonds is 3. The Morgan fingerprint density at radius 1 is 1.42 bits per heavy atom. The Morgan fingerprint density at radius 3 is 2.58 bits per heavy atom. The van der Waals surface area contributed by atoms with Crippen molar-refractivity contribution in [2.45, 2.75) is 19.8 Å². The molecule has 0 atom stereocenters. The number of thiophene rings is 1. The summed E-state index contributed by atoms with van der Waals surface area (Å²) in [6.45, 7) is 3.10. The van der Waals surface area contributed by atoms with Gasteiger partial charge in [0.1, 0.15) is 10.6 Å². The van der Waals surface area contributed by atoms with Crippen LogP contribution in [0, 0.1) is 12.8 Å². The molecule has 0 bridgehead atoms. The molecule has 0 spiro atoms. The third-order valence-electron chi connectivity index (χ3n) is 3.42. The molecule has 1 fully saturated rings. The van der Waals surface area contributed by atoms with Gasteiger partial charge in [-0.05, 0) is 25.8 Å². The van der Waals surface area contributed by atoms with Crippen LogP contribution in [-0.2, 0) is 4.79 Å². The number of hydrogen-bond donors (Lipinski definition) is 1. The van der Waals surface area contributed by atoms with Crippen molar-refractivity contribution in [3.63, 3.8) is 0 Å². The van der Waals surface area contributed by atoms with E-state index in [0.29, 0.717) is 36.6 Å². The van der Waals surface area contributed by atoms with E-state index in [4.69, 9.17) is 10.5 Å². The van der Waals surface area contributed by atoms with E-state index in [1.807, 2.05) is 13.0 Å². The first kappa shape index (κ1) is 13.9. The van der Waals surface area contributed by atoms with Crippen LogP contribution in [0.3, 0.4) is 0 Å². The van der Waals surface area contributed by atoms with Crippen molar-refractivity contribution in [1.82, 2.24) is 4.90 Å². The van der Waals surface area contributed by atoms with Crippen molar-refractivity contribution < 1.29 is 14.3 Å². The zero-order chi connectivity index (χ0) is 14.0. The van der Waals surface area contributed by atoms with Gasteiger partial charge in [-0.1, -0.05) is 0 Å². The minimum Gasteiger partial charge on any atom is -0.495 e. The zero-order valence-corrected chi connectivity index (χ0v) is 12.0. The van der Waals surface area contributed by atoms with Gasteiger partial charge in [-0.25, -0.2) is 0 Å². The van der Waals surface area contributed by atoms with Gasteiger partial charge in [-0.15, -0.1) is 11.3 Å². The highest BCUT2D eigenvalue weighted by Gasteiger charge is 2.28. The number of primary amides is 1. The minimum atomic E-state index is -0.267. The van der Waals surface area contributed by atoms with Crippen molar-refractivity contribution in [2.75, 3.05) is 20.2 Å². The minimum absolute atomic E-state index is 0.0159. The molecule has 2 amide bonds. The third kappa shape index (κ3) is 2.89. The first-order valence-corrected chi connectivity index (χ1v) is 7.07. The Hall–Kier alpha value is -1.56. The molecule has 1 aliphatic rings. The Morgan fingerprint density at radius 2 is 2.05 bits per heavy atom. The SMILES string of the molecule is COc1cc(C)sc1C(=O)N1CCC(C(N)=O)CC1. The Bertz CT molecular complexity index is 490. The van der Waals surface area contributed by atoms with Gasteiger partial charge in [-0.2, -0.15) is 0 Å². The van der Waals surface area contributed by atoms with Crippen LogP contribution in [0.15, 0.2) is 6.07 Å². The summed E-state index contributed by atoms with van der Waals surface area (Å²) in [7, 11) is 1.57. The van der Waals surface area contributed by atoms with Crippen molar-refractivity contribution in [3.05, 3.63) is 15.8 Å². The number of hydrogen-bond acceptors (Lipinski definition) is 4. The van der Waals surface area contributed by atoms with Gasteiger partial charge >= 0.3 is 0 Å². The van der Waals surface area contributed by atoms with E-state index in [0.717, 1.165) is 4.88 Å². The number of nitrogens with two attached hydrogens (primary N) is 1. The second kappa shape index (κ2) is 5.61. The molecule has 0 aliphatic carbocycles. The summed E-state index contributed by atoms with van der Waals surface area (Å²) < 4.78 is 5.23. The standard InChI is InChI=1S/C13H18N2O3S/c1-8-7-10(18-2)11(19-8)13(17)15-5-3-9(4-6-15)12(14)16/h7,9H,3-6H2,1-2H3,(H2,14,16). The average Bonchev–Trinajstić information content (AvgIpc) is 2.79. The van der Waals surface area contributed by atoms with Crippen LogP contribution in [0.25, 0.3) is 0 Å². The molecule has 0 radical (unpaired) electrons. The lowest BCUT2D eigenvalue weighted by molar-refractivity contribution is -0.123. The molecular weight excluding hydrogens is 264 g/mol. The van der Waals surface area contributed by atoms with Gasteiger partial charge in [0.25, 0.3) is 5.91 Å². The molecule has 1 aliphatic heterocycles. The summed E-state index contributed by atoms with van der Waals surface area (Å²) in [5.41, 5.74) is 5.29. The van der Waals surface area contributed by atoms with Gasteiger partial charge < -0.3 is 15.4 Å². The number of nitrogens with zero attached hydrogens (tertiary/aromatic N) is 1. The number of amides is 2. The van der Waals surface area contributed by atoms with E-state index in [2.05, 4.69) is 0 Å². The smallest absolute Gasteiger partial charge is 0.267 e. The molecule has 104 valence electrons. The first-order chi connectivity index (χ1) is 9.02. The fraction of sp³-hybridized carbons (Fsp3) is 0.538. The van der Waals surface area contributed by atoms with E-state index in [9.17, 15) is 9.59 Å². The van der Waals surface area contributed by atoms with E-state index in [1.165, 1.54) is 11.3 Å². The molecule has 1 aromatic rings. The number of methoxy groups -OCH3 is 1. The van der Waals surface area contributed by atoms with Crippen molar-refractivity contribution in [2.24, 2.45) is 11.7 Å². The summed E-state index contributed by atoms with van der Waals surface area (Å²) in [5.74, 6) is 0.245. The fourth-order valence-corrected chi connectivity index (χ4v) is 3.25. The van der Waals surface area contributed by atoms with Crippen LogP contribution in [0.4, 0.5) is 0 Å². The highest BCUT2D eigenvalue weighted by Crippen LogP contribution is 2.31. The van der Waals surface area contributed by atoms with Crippen molar-refractivity contribution in [1.29, 1.82) is 0 Å². The predicted octanol–water partition coefficient (Wildman–Crippen LogP) is 1.40. The molecule has 0 saturated carbocycles. The number of likely N-dealkylation sites (tertiary alicyclic amines) is 1. The van der Waals surface area contributed by atoms with Crippen LogP contribution in [-0.4, -0.2) is 36.9 Å². The Balaban J connectivity index is 2.07. The molecule has 0 aromatic carbocycles. The number of carbonyl (C=O) groups is 2. The van der Waals surface area contributed by atoms with Crippen LogP contribution in [0.1, 0.15) is 27.4 Å². The monoisotopic (exact) mass is 282 g/mol. The maximum absolute atomic E-state index is 12.4. The number of piperidine rings is 1. The molecule has 19 heavy (non-hydrogen) atoms. The second-order valence-corrected chi connectivity index (χ2v) is 5.98. The summed E-state index contributed by atoms with van der Waals surface area (Å²) in [6, 6.07) is 1.87. The Labute approximate surface area is 116 Å². The summed E-state index contributed by atoms with van der Waals surface area (Å²) in [6.07, 6.45) is 1.29. The van der Waals surface area contributed by atoms with E-state index < -0.39 is 0 Å². The normalized spacial score (nSPS) is 16.4. The van der Waals surface area contributed by atoms with Gasteiger partial charge in [0.15, 0.2) is 0 Å². The fourth-order valence-electron chi connectivity index (χ4n) is 2.30. The quantitative estimate of drug-likeness (QED) is 0.911. The third-order valence-corrected chi connectivity index (χ3v) is 4.44. The van der Waals surface area contributed by atoms with Gasteiger partial charge in [0.2, 0.25) is 5.91 Å². The van der Waals surface area contributed by atoms with Gasteiger partial charge in [-0.3, -0.25) is 9.59 Å². The maximum atomic E-state index is 12.4. The highest BCUT2D eigenvalue weighted by molar-refractivity contribution is 7.14. The zero-order valence-electron chi connectivity index (χ0n) is 11.1. The second-order valence-electron chi connectivity index (χ2n) is 4.72. The molecular formula is C13H18N2O3S. The lowest BCUT2D eigenvalue weighted by Crippen LogP contribution is -2.41. The predicted molar refractivity (Wildman–Crippen MR) is 73.4 cm³/mol. The van der Waals surface area contributed by atoms with Crippen LogP contribution in [0.2, 0.25) is 0 Å². The van der Waals surface area contributed by atoms with Crippen molar-refractivity contribution in [3.8, 4) is 5.75 Å².